The number of aromatic nitrogens is 2. The molecule has 3 aromatic carbocycles. The van der Waals surface area contributed by atoms with Gasteiger partial charge in [-0.25, -0.2) is 18.4 Å². The Morgan fingerprint density at radius 3 is 2.10 bits per heavy atom. The average molecular weight is 439 g/mol. The zero-order valence-electron chi connectivity index (χ0n) is 16.3. The minimum absolute atomic E-state index is 0.0827. The Bertz CT molecular complexity index is 1340. The summed E-state index contributed by atoms with van der Waals surface area (Å²) in [5, 5.41) is 3.68. The normalized spacial score (nSPS) is 11.4. The SMILES string of the molecule is Cc1ccc(Nc2nc3ccccc3nc2NS(=O)(=O)c2ccc(Cl)cc2)c(C)c1. The van der Waals surface area contributed by atoms with Gasteiger partial charge in [-0.05, 0) is 61.9 Å². The Balaban J connectivity index is 1.79. The van der Waals surface area contributed by atoms with Crippen molar-refractivity contribution in [2.24, 2.45) is 0 Å². The first-order chi connectivity index (χ1) is 14.3. The van der Waals surface area contributed by atoms with Crippen molar-refractivity contribution in [3.63, 3.8) is 0 Å². The number of anilines is 3. The lowest BCUT2D eigenvalue weighted by Gasteiger charge is -2.15. The van der Waals surface area contributed by atoms with Crippen LogP contribution in [0, 0.1) is 13.8 Å². The average Bonchev–Trinajstić information content (AvgIpc) is 2.70. The molecule has 1 heterocycles. The number of halogens is 1. The van der Waals surface area contributed by atoms with Crippen molar-refractivity contribution in [2.45, 2.75) is 18.7 Å². The Morgan fingerprint density at radius 2 is 1.47 bits per heavy atom. The first-order valence-electron chi connectivity index (χ1n) is 9.21. The third kappa shape index (κ3) is 4.22. The fraction of sp³-hybridized carbons (Fsp3) is 0.0909. The molecular weight excluding hydrogens is 420 g/mol. The number of nitrogens with zero attached hydrogens (tertiary/aromatic N) is 2. The summed E-state index contributed by atoms with van der Waals surface area (Å²) >= 11 is 5.88. The highest BCUT2D eigenvalue weighted by Gasteiger charge is 2.19. The van der Waals surface area contributed by atoms with Crippen molar-refractivity contribution in [1.29, 1.82) is 0 Å². The number of sulfonamides is 1. The number of aryl methyl sites for hydroxylation is 2. The van der Waals surface area contributed by atoms with Crippen LogP contribution in [-0.4, -0.2) is 18.4 Å². The van der Waals surface area contributed by atoms with Gasteiger partial charge in [0.15, 0.2) is 11.6 Å². The summed E-state index contributed by atoms with van der Waals surface area (Å²) in [6, 6.07) is 19.2. The lowest BCUT2D eigenvalue weighted by atomic mass is 10.1. The van der Waals surface area contributed by atoms with E-state index in [1.165, 1.54) is 24.3 Å². The highest BCUT2D eigenvalue weighted by molar-refractivity contribution is 7.92. The van der Waals surface area contributed by atoms with Gasteiger partial charge in [0.05, 0.1) is 15.9 Å². The molecule has 0 unspecified atom stereocenters. The van der Waals surface area contributed by atoms with E-state index in [4.69, 9.17) is 11.6 Å². The summed E-state index contributed by atoms with van der Waals surface area (Å²) in [5.74, 6) is 0.432. The van der Waals surface area contributed by atoms with Crippen molar-refractivity contribution in [1.82, 2.24) is 9.97 Å². The molecule has 0 spiro atoms. The highest BCUT2D eigenvalue weighted by atomic mass is 35.5. The van der Waals surface area contributed by atoms with E-state index in [0.717, 1.165) is 16.8 Å². The Kier molecular flexibility index (Phi) is 5.32. The van der Waals surface area contributed by atoms with E-state index in [2.05, 4.69) is 20.0 Å². The molecule has 0 amide bonds. The van der Waals surface area contributed by atoms with Crippen LogP contribution >= 0.6 is 11.6 Å². The molecule has 2 N–H and O–H groups in total. The standard InChI is InChI=1S/C22H19ClN4O2S/c1-14-7-12-18(15(2)13-14)24-21-22(26-20-6-4-3-5-19(20)25-21)27-30(28,29)17-10-8-16(23)9-11-17/h3-13H,1-2H3,(H,24,25)(H,26,27). The van der Waals surface area contributed by atoms with E-state index in [-0.39, 0.29) is 10.7 Å². The number of hydrogen-bond acceptors (Lipinski definition) is 5. The van der Waals surface area contributed by atoms with Gasteiger partial charge in [-0.1, -0.05) is 41.4 Å². The summed E-state index contributed by atoms with van der Waals surface area (Å²) < 4.78 is 28.4. The maximum atomic E-state index is 12.9. The molecule has 0 aliphatic heterocycles. The van der Waals surface area contributed by atoms with Gasteiger partial charge in [-0.15, -0.1) is 0 Å². The number of hydrogen-bond donors (Lipinski definition) is 2. The van der Waals surface area contributed by atoms with Crippen LogP contribution in [0.3, 0.4) is 0 Å². The minimum Gasteiger partial charge on any atom is -0.337 e. The fourth-order valence-electron chi connectivity index (χ4n) is 3.04. The molecule has 0 saturated heterocycles. The van der Waals surface area contributed by atoms with E-state index in [1.54, 1.807) is 6.07 Å². The van der Waals surface area contributed by atoms with Gasteiger partial charge in [0.2, 0.25) is 0 Å². The topological polar surface area (TPSA) is 84.0 Å². The summed E-state index contributed by atoms with van der Waals surface area (Å²) in [6.07, 6.45) is 0. The van der Waals surface area contributed by atoms with Crippen molar-refractivity contribution >= 4 is 50.0 Å². The molecule has 8 heteroatoms. The van der Waals surface area contributed by atoms with Gasteiger partial charge >= 0.3 is 0 Å². The molecule has 30 heavy (non-hydrogen) atoms. The minimum atomic E-state index is -3.88. The molecular formula is C22H19ClN4O2S. The van der Waals surface area contributed by atoms with Crippen molar-refractivity contribution in [2.75, 3.05) is 10.0 Å². The molecule has 0 saturated carbocycles. The van der Waals surface area contributed by atoms with Crippen molar-refractivity contribution in [3.8, 4) is 0 Å². The van der Waals surface area contributed by atoms with E-state index in [1.807, 2.05) is 50.2 Å². The predicted molar refractivity (Wildman–Crippen MR) is 121 cm³/mol. The Hall–Kier alpha value is -3.16. The van der Waals surface area contributed by atoms with Crippen LogP contribution in [0.5, 0.6) is 0 Å². The fourth-order valence-corrected chi connectivity index (χ4v) is 4.17. The molecule has 0 radical (unpaired) electrons. The second-order valence-electron chi connectivity index (χ2n) is 6.91. The van der Waals surface area contributed by atoms with Crippen molar-refractivity contribution in [3.05, 3.63) is 82.9 Å². The largest absolute Gasteiger partial charge is 0.337 e. The molecule has 0 aliphatic carbocycles. The monoisotopic (exact) mass is 438 g/mol. The maximum absolute atomic E-state index is 12.9. The molecule has 6 nitrogen and oxygen atoms in total. The summed E-state index contributed by atoms with van der Waals surface area (Å²) in [4.78, 5) is 9.19. The van der Waals surface area contributed by atoms with Crippen LogP contribution in [0.15, 0.2) is 71.6 Å². The van der Waals surface area contributed by atoms with Gasteiger partial charge in [0, 0.05) is 10.7 Å². The van der Waals surface area contributed by atoms with Gasteiger partial charge in [-0.2, -0.15) is 0 Å². The molecule has 0 fully saturated rings. The van der Waals surface area contributed by atoms with Gasteiger partial charge in [-0.3, -0.25) is 4.72 Å². The Labute approximate surface area is 180 Å². The van der Waals surface area contributed by atoms with Crippen LogP contribution < -0.4 is 10.0 Å². The number of benzene rings is 3. The lowest BCUT2D eigenvalue weighted by molar-refractivity contribution is 0.601. The molecule has 4 rings (SSSR count). The third-order valence-electron chi connectivity index (χ3n) is 4.56. The first kappa shape index (κ1) is 20.1. The van der Waals surface area contributed by atoms with Crippen LogP contribution in [0.1, 0.15) is 11.1 Å². The summed E-state index contributed by atoms with van der Waals surface area (Å²) in [5.41, 5.74) is 4.19. The number of nitrogens with one attached hydrogen (secondary N) is 2. The van der Waals surface area contributed by atoms with Gasteiger partial charge < -0.3 is 5.32 Å². The molecule has 0 bridgehead atoms. The maximum Gasteiger partial charge on any atom is 0.263 e. The zero-order chi connectivity index (χ0) is 21.3. The summed E-state index contributed by atoms with van der Waals surface area (Å²) in [6.45, 7) is 3.99. The molecule has 4 aromatic rings. The highest BCUT2D eigenvalue weighted by Crippen LogP contribution is 2.29. The van der Waals surface area contributed by atoms with Gasteiger partial charge in [0.25, 0.3) is 10.0 Å². The zero-order valence-corrected chi connectivity index (χ0v) is 17.9. The summed E-state index contributed by atoms with van der Waals surface area (Å²) in [7, 11) is -3.88. The van der Waals surface area contributed by atoms with Crippen LogP contribution in [-0.2, 0) is 10.0 Å². The Morgan fingerprint density at radius 1 is 0.833 bits per heavy atom. The number of para-hydroxylation sites is 2. The lowest BCUT2D eigenvalue weighted by Crippen LogP contribution is -2.16. The molecule has 1 aromatic heterocycles. The van der Waals surface area contributed by atoms with E-state index in [0.29, 0.717) is 21.9 Å². The smallest absolute Gasteiger partial charge is 0.263 e. The predicted octanol–water partition coefficient (Wildman–Crippen LogP) is 5.44. The first-order valence-corrected chi connectivity index (χ1v) is 11.1. The van der Waals surface area contributed by atoms with E-state index in [9.17, 15) is 8.42 Å². The van der Waals surface area contributed by atoms with Crippen LogP contribution in [0.25, 0.3) is 11.0 Å². The second kappa shape index (κ2) is 7.93. The van der Waals surface area contributed by atoms with Crippen LogP contribution in [0.2, 0.25) is 5.02 Å². The van der Waals surface area contributed by atoms with E-state index >= 15 is 0 Å². The molecule has 0 aliphatic rings. The molecule has 152 valence electrons. The third-order valence-corrected chi connectivity index (χ3v) is 6.17. The number of rotatable bonds is 5. The quantitative estimate of drug-likeness (QED) is 0.433. The van der Waals surface area contributed by atoms with Crippen molar-refractivity contribution < 1.29 is 8.42 Å². The second-order valence-corrected chi connectivity index (χ2v) is 9.03. The molecule has 0 atom stereocenters. The van der Waals surface area contributed by atoms with Gasteiger partial charge in [0.1, 0.15) is 0 Å². The number of fused-ring (bicyclic) bond motifs is 1. The van der Waals surface area contributed by atoms with Crippen LogP contribution in [0.4, 0.5) is 17.3 Å². The van der Waals surface area contributed by atoms with E-state index < -0.39 is 10.0 Å².